The standard InChI is InChI=1S/C19H14N6.CHN/c1-2-6-15(25-13-23-17-8-4-10-21-19(17)25)11-14(5-1)24-12-22-16-7-3-9-20-18(16)24;1-2/h1-5,7-13H,6H2;1H. The zero-order valence-electron chi connectivity index (χ0n) is 14.3. The Morgan fingerprint density at radius 1 is 0.852 bits per heavy atom. The summed E-state index contributed by atoms with van der Waals surface area (Å²) in [6.45, 7) is 3.50. The van der Waals surface area contributed by atoms with Crippen LogP contribution < -0.4 is 0 Å². The highest BCUT2D eigenvalue weighted by molar-refractivity contribution is 5.82. The van der Waals surface area contributed by atoms with Gasteiger partial charge in [-0.15, -0.1) is 0 Å². The van der Waals surface area contributed by atoms with Gasteiger partial charge in [-0.05, 0) is 36.4 Å². The van der Waals surface area contributed by atoms with Crippen molar-refractivity contribution in [3.63, 3.8) is 0 Å². The van der Waals surface area contributed by atoms with E-state index in [0.29, 0.717) is 0 Å². The summed E-state index contributed by atoms with van der Waals surface area (Å²) < 4.78 is 4.03. The van der Waals surface area contributed by atoms with Gasteiger partial charge in [-0.3, -0.25) is 9.13 Å². The Morgan fingerprint density at radius 2 is 1.48 bits per heavy atom. The zero-order chi connectivity index (χ0) is 18.6. The lowest BCUT2D eigenvalue weighted by Crippen LogP contribution is -1.99. The summed E-state index contributed by atoms with van der Waals surface area (Å²) in [4.78, 5) is 17.8. The maximum atomic E-state index is 6.50. The number of rotatable bonds is 2. The molecule has 7 heteroatoms. The van der Waals surface area contributed by atoms with Crippen molar-refractivity contribution >= 4 is 33.7 Å². The van der Waals surface area contributed by atoms with Gasteiger partial charge < -0.3 is 0 Å². The molecular weight excluding hydrogens is 338 g/mol. The van der Waals surface area contributed by atoms with Crippen LogP contribution in [0.4, 0.5) is 0 Å². The topological polar surface area (TPSA) is 85.2 Å². The van der Waals surface area contributed by atoms with Gasteiger partial charge in [0.15, 0.2) is 11.3 Å². The Balaban J connectivity index is 0.000000872. The van der Waals surface area contributed by atoms with Crippen LogP contribution >= 0.6 is 0 Å². The molecule has 7 nitrogen and oxygen atoms in total. The number of aromatic nitrogens is 6. The Hall–Kier alpha value is -4.05. The van der Waals surface area contributed by atoms with Gasteiger partial charge in [0.05, 0.1) is 5.70 Å². The van der Waals surface area contributed by atoms with Crippen LogP contribution in [0.1, 0.15) is 6.42 Å². The highest BCUT2D eigenvalue weighted by Crippen LogP contribution is 2.25. The maximum Gasteiger partial charge on any atom is 0.164 e. The van der Waals surface area contributed by atoms with Gasteiger partial charge in [0.25, 0.3) is 0 Å². The fourth-order valence-electron chi connectivity index (χ4n) is 3.05. The molecule has 0 saturated carbocycles. The number of nitrogens with zero attached hydrogens (tertiary/aromatic N) is 7. The summed E-state index contributed by atoms with van der Waals surface area (Å²) in [6, 6.07) is 7.72. The molecule has 4 heterocycles. The van der Waals surface area contributed by atoms with Crippen LogP contribution in [-0.4, -0.2) is 29.1 Å². The SMILES string of the molecule is C#N.C1=CCC(n2cnc3cccnc32)=CC(n2cnc3cccnc32)=C1. The first-order chi connectivity index (χ1) is 13.4. The Kier molecular flexibility index (Phi) is 4.29. The molecule has 0 unspecified atom stereocenters. The minimum Gasteiger partial charge on any atom is -0.287 e. The molecule has 5 rings (SSSR count). The molecule has 27 heavy (non-hydrogen) atoms. The second-order valence-electron chi connectivity index (χ2n) is 5.78. The van der Waals surface area contributed by atoms with Crippen LogP contribution in [0.2, 0.25) is 0 Å². The molecule has 130 valence electrons. The van der Waals surface area contributed by atoms with Crippen molar-refractivity contribution in [2.24, 2.45) is 0 Å². The third kappa shape index (κ3) is 2.89. The third-order valence-electron chi connectivity index (χ3n) is 4.25. The lowest BCUT2D eigenvalue weighted by atomic mass is 10.2. The molecule has 1 aliphatic carbocycles. The molecule has 1 aliphatic rings. The van der Waals surface area contributed by atoms with E-state index in [0.717, 1.165) is 40.1 Å². The van der Waals surface area contributed by atoms with Crippen LogP contribution in [-0.2, 0) is 0 Å². The number of hydrogen-bond donors (Lipinski definition) is 0. The summed E-state index contributed by atoms with van der Waals surface area (Å²) in [5, 5.41) is 6.50. The van der Waals surface area contributed by atoms with Crippen LogP contribution in [0.25, 0.3) is 33.7 Å². The van der Waals surface area contributed by atoms with Crippen molar-refractivity contribution in [1.82, 2.24) is 29.1 Å². The quantitative estimate of drug-likeness (QED) is 0.549. The minimum atomic E-state index is 0.794. The van der Waals surface area contributed by atoms with E-state index in [9.17, 15) is 0 Å². The number of allylic oxidation sites excluding steroid dienone is 6. The van der Waals surface area contributed by atoms with Crippen molar-refractivity contribution in [1.29, 1.82) is 5.26 Å². The van der Waals surface area contributed by atoms with E-state index >= 15 is 0 Å². The average Bonchev–Trinajstić information content (AvgIpc) is 3.28. The number of imidazole rings is 2. The van der Waals surface area contributed by atoms with Crippen molar-refractivity contribution in [2.45, 2.75) is 6.42 Å². The van der Waals surface area contributed by atoms with Gasteiger partial charge in [-0.25, -0.2) is 25.2 Å². The van der Waals surface area contributed by atoms with Crippen LogP contribution in [0.3, 0.4) is 0 Å². The molecule has 0 atom stereocenters. The molecule has 0 fully saturated rings. The maximum absolute atomic E-state index is 6.50. The summed E-state index contributed by atoms with van der Waals surface area (Å²) in [7, 11) is 0. The second-order valence-corrected chi connectivity index (χ2v) is 5.78. The van der Waals surface area contributed by atoms with E-state index in [1.54, 1.807) is 18.7 Å². The fourth-order valence-corrected chi connectivity index (χ4v) is 3.05. The molecule has 0 spiro atoms. The fraction of sp³-hybridized carbons (Fsp3) is 0.0500. The normalized spacial score (nSPS) is 13.6. The Bertz CT molecular complexity index is 1220. The van der Waals surface area contributed by atoms with Crippen molar-refractivity contribution in [3.05, 3.63) is 73.6 Å². The van der Waals surface area contributed by atoms with Crippen molar-refractivity contribution in [2.75, 3.05) is 0 Å². The first-order valence-corrected chi connectivity index (χ1v) is 8.30. The molecule has 4 aromatic heterocycles. The van der Waals surface area contributed by atoms with Gasteiger partial charge in [0.1, 0.15) is 23.7 Å². The molecule has 0 saturated heterocycles. The molecule has 4 aromatic rings. The molecule has 0 aliphatic heterocycles. The first-order valence-electron chi connectivity index (χ1n) is 8.30. The predicted molar refractivity (Wildman–Crippen MR) is 104 cm³/mol. The Morgan fingerprint density at radius 3 is 2.19 bits per heavy atom. The monoisotopic (exact) mass is 353 g/mol. The lowest BCUT2D eigenvalue weighted by Gasteiger charge is -2.09. The smallest absolute Gasteiger partial charge is 0.164 e. The number of fused-ring (bicyclic) bond motifs is 2. The molecular formula is C20H15N7. The highest BCUT2D eigenvalue weighted by Gasteiger charge is 2.12. The number of hydrogen-bond acceptors (Lipinski definition) is 5. The third-order valence-corrected chi connectivity index (χ3v) is 4.25. The van der Waals surface area contributed by atoms with Gasteiger partial charge in [-0.2, -0.15) is 0 Å². The average molecular weight is 353 g/mol. The first kappa shape index (κ1) is 16.4. The van der Waals surface area contributed by atoms with E-state index in [1.807, 2.05) is 39.7 Å². The van der Waals surface area contributed by atoms with E-state index in [-0.39, 0.29) is 0 Å². The molecule has 0 N–H and O–H groups in total. The predicted octanol–water partition coefficient (Wildman–Crippen LogP) is 3.66. The summed E-state index contributed by atoms with van der Waals surface area (Å²) in [5.74, 6) is 0. The van der Waals surface area contributed by atoms with Gasteiger partial charge in [0, 0.05) is 31.1 Å². The lowest BCUT2D eigenvalue weighted by molar-refractivity contribution is 1.04. The van der Waals surface area contributed by atoms with Crippen LogP contribution in [0.15, 0.2) is 73.6 Å². The van der Waals surface area contributed by atoms with E-state index in [2.05, 4.69) is 50.8 Å². The highest BCUT2D eigenvalue weighted by atomic mass is 15.1. The van der Waals surface area contributed by atoms with Crippen LogP contribution in [0.5, 0.6) is 0 Å². The molecule has 0 radical (unpaired) electrons. The van der Waals surface area contributed by atoms with Crippen LogP contribution in [0, 0.1) is 11.8 Å². The summed E-state index contributed by atoms with van der Waals surface area (Å²) in [6.07, 6.45) is 16.4. The summed E-state index contributed by atoms with van der Waals surface area (Å²) in [5.41, 5.74) is 5.56. The molecule has 0 bridgehead atoms. The van der Waals surface area contributed by atoms with E-state index < -0.39 is 0 Å². The van der Waals surface area contributed by atoms with Gasteiger partial charge >= 0.3 is 0 Å². The van der Waals surface area contributed by atoms with Gasteiger partial charge in [0.2, 0.25) is 0 Å². The van der Waals surface area contributed by atoms with Gasteiger partial charge in [-0.1, -0.05) is 12.2 Å². The zero-order valence-corrected chi connectivity index (χ0v) is 14.3. The largest absolute Gasteiger partial charge is 0.287 e. The summed E-state index contributed by atoms with van der Waals surface area (Å²) >= 11 is 0. The number of pyridine rings is 2. The van der Waals surface area contributed by atoms with Crippen molar-refractivity contribution in [3.8, 4) is 6.57 Å². The van der Waals surface area contributed by atoms with Crippen molar-refractivity contribution < 1.29 is 0 Å². The minimum absolute atomic E-state index is 0.794. The van der Waals surface area contributed by atoms with E-state index in [4.69, 9.17) is 5.26 Å². The Labute approximate surface area is 155 Å². The number of nitriles is 1. The second kappa shape index (κ2) is 7.06. The van der Waals surface area contributed by atoms with E-state index in [1.165, 1.54) is 0 Å². The molecule has 0 aromatic carbocycles. The molecule has 0 amide bonds.